The fourth-order valence-electron chi connectivity index (χ4n) is 1.69. The van der Waals surface area contributed by atoms with Crippen molar-refractivity contribution in [3.8, 4) is 5.75 Å². The van der Waals surface area contributed by atoms with Crippen molar-refractivity contribution >= 4 is 11.6 Å². The molecule has 0 aromatic heterocycles. The van der Waals surface area contributed by atoms with Gasteiger partial charge in [-0.1, -0.05) is 0 Å². The van der Waals surface area contributed by atoms with Gasteiger partial charge in [0.25, 0.3) is 5.91 Å². The lowest BCUT2D eigenvalue weighted by Crippen LogP contribution is -2.52. The molecule has 0 radical (unpaired) electrons. The van der Waals surface area contributed by atoms with E-state index < -0.39 is 0 Å². The van der Waals surface area contributed by atoms with E-state index in [0.29, 0.717) is 24.5 Å². The summed E-state index contributed by atoms with van der Waals surface area (Å²) >= 11 is 0. The molecule has 0 aliphatic carbocycles. The van der Waals surface area contributed by atoms with E-state index in [4.69, 9.17) is 15.6 Å². The van der Waals surface area contributed by atoms with E-state index in [2.05, 4.69) is 0 Å². The lowest BCUT2D eigenvalue weighted by molar-refractivity contribution is -0.140. The predicted octanol–water partition coefficient (Wildman–Crippen LogP) is 0.0983. The summed E-state index contributed by atoms with van der Waals surface area (Å²) in [6.07, 6.45) is 0. The first-order valence-corrected chi connectivity index (χ1v) is 5.56. The highest BCUT2D eigenvalue weighted by atomic mass is 16.5. The summed E-state index contributed by atoms with van der Waals surface area (Å²) in [5.41, 5.74) is 6.20. The van der Waals surface area contributed by atoms with Gasteiger partial charge in [0.1, 0.15) is 5.75 Å². The van der Waals surface area contributed by atoms with Crippen molar-refractivity contribution in [3.05, 3.63) is 24.3 Å². The summed E-state index contributed by atoms with van der Waals surface area (Å²) in [5, 5.41) is 8.84. The second-order valence-electron chi connectivity index (χ2n) is 4.21. The molecule has 1 amide bonds. The van der Waals surface area contributed by atoms with Gasteiger partial charge in [0, 0.05) is 31.3 Å². The van der Waals surface area contributed by atoms with E-state index in [1.54, 1.807) is 29.2 Å². The number of aliphatic hydroxyl groups is 1. The van der Waals surface area contributed by atoms with E-state index in [1.165, 1.54) is 0 Å². The van der Waals surface area contributed by atoms with Crippen molar-refractivity contribution in [1.82, 2.24) is 4.90 Å². The number of likely N-dealkylation sites (tertiary alicyclic amines) is 1. The fraction of sp³-hybridized carbons (Fsp3) is 0.417. The summed E-state index contributed by atoms with van der Waals surface area (Å²) < 4.78 is 5.34. The Morgan fingerprint density at radius 3 is 2.65 bits per heavy atom. The SMILES string of the molecule is Nc1ccc(OCC(=O)N2CC(CO)C2)cc1. The monoisotopic (exact) mass is 236 g/mol. The van der Waals surface area contributed by atoms with Crippen LogP contribution in [0.25, 0.3) is 0 Å². The Bertz CT molecular complexity index is 385. The van der Waals surface area contributed by atoms with Crippen molar-refractivity contribution in [2.24, 2.45) is 5.92 Å². The number of carbonyl (C=O) groups is 1. The zero-order valence-corrected chi connectivity index (χ0v) is 9.50. The van der Waals surface area contributed by atoms with Crippen molar-refractivity contribution in [2.75, 3.05) is 32.0 Å². The Labute approximate surface area is 99.8 Å². The molecule has 2 rings (SSSR count). The summed E-state index contributed by atoms with van der Waals surface area (Å²) in [4.78, 5) is 13.3. The number of hydrogen-bond donors (Lipinski definition) is 2. The van der Waals surface area contributed by atoms with Crippen LogP contribution in [0.5, 0.6) is 5.75 Å². The van der Waals surface area contributed by atoms with E-state index in [0.717, 1.165) is 0 Å². The first kappa shape index (κ1) is 11.7. The third kappa shape index (κ3) is 2.88. The Hall–Kier alpha value is -1.75. The van der Waals surface area contributed by atoms with Gasteiger partial charge in [-0.2, -0.15) is 0 Å². The second kappa shape index (κ2) is 5.05. The third-order valence-corrected chi connectivity index (χ3v) is 2.81. The van der Waals surface area contributed by atoms with Gasteiger partial charge in [-0.05, 0) is 24.3 Å². The smallest absolute Gasteiger partial charge is 0.260 e. The lowest BCUT2D eigenvalue weighted by Gasteiger charge is -2.38. The standard InChI is InChI=1S/C12H16N2O3/c13-10-1-3-11(4-2-10)17-8-12(16)14-5-9(6-14)7-15/h1-4,9,15H,5-8,13H2. The molecule has 0 saturated carbocycles. The number of nitrogens with zero attached hydrogens (tertiary/aromatic N) is 1. The molecule has 1 aromatic carbocycles. The number of anilines is 1. The minimum Gasteiger partial charge on any atom is -0.484 e. The molecule has 0 unspecified atom stereocenters. The quantitative estimate of drug-likeness (QED) is 0.727. The highest BCUT2D eigenvalue weighted by molar-refractivity contribution is 5.78. The Morgan fingerprint density at radius 2 is 2.06 bits per heavy atom. The number of aliphatic hydroxyl groups excluding tert-OH is 1. The molecule has 1 aromatic rings. The van der Waals surface area contributed by atoms with Crippen LogP contribution in [-0.2, 0) is 4.79 Å². The first-order valence-electron chi connectivity index (χ1n) is 5.56. The maximum Gasteiger partial charge on any atom is 0.260 e. The molecule has 1 fully saturated rings. The molecule has 1 aliphatic rings. The molecule has 3 N–H and O–H groups in total. The zero-order valence-electron chi connectivity index (χ0n) is 9.50. The summed E-state index contributed by atoms with van der Waals surface area (Å²) in [5.74, 6) is 0.814. The third-order valence-electron chi connectivity index (χ3n) is 2.81. The average Bonchev–Trinajstić information content (AvgIpc) is 2.27. The highest BCUT2D eigenvalue weighted by Gasteiger charge is 2.29. The molecule has 0 bridgehead atoms. The van der Waals surface area contributed by atoms with Crippen molar-refractivity contribution in [3.63, 3.8) is 0 Å². The summed E-state index contributed by atoms with van der Waals surface area (Å²) in [6, 6.07) is 6.92. The number of nitrogen functional groups attached to an aromatic ring is 1. The molecule has 1 saturated heterocycles. The molecule has 92 valence electrons. The van der Waals surface area contributed by atoms with Crippen LogP contribution in [0.2, 0.25) is 0 Å². The number of nitrogens with two attached hydrogens (primary N) is 1. The van der Waals surface area contributed by atoms with Crippen molar-refractivity contribution in [1.29, 1.82) is 0 Å². The molecule has 1 heterocycles. The van der Waals surface area contributed by atoms with Gasteiger partial charge in [0.2, 0.25) is 0 Å². The highest BCUT2D eigenvalue weighted by Crippen LogP contribution is 2.16. The van der Waals surface area contributed by atoms with Crippen LogP contribution in [0.3, 0.4) is 0 Å². The van der Waals surface area contributed by atoms with Gasteiger partial charge < -0.3 is 20.5 Å². The molecular weight excluding hydrogens is 220 g/mol. The molecule has 0 atom stereocenters. The van der Waals surface area contributed by atoms with Gasteiger partial charge in [-0.15, -0.1) is 0 Å². The molecule has 5 nitrogen and oxygen atoms in total. The molecule has 5 heteroatoms. The van der Waals surface area contributed by atoms with Crippen LogP contribution >= 0.6 is 0 Å². The van der Waals surface area contributed by atoms with Gasteiger partial charge in [-0.3, -0.25) is 4.79 Å². The van der Waals surface area contributed by atoms with Gasteiger partial charge in [0.15, 0.2) is 6.61 Å². The molecule has 17 heavy (non-hydrogen) atoms. The van der Waals surface area contributed by atoms with Crippen molar-refractivity contribution < 1.29 is 14.6 Å². The molecule has 0 spiro atoms. The van der Waals surface area contributed by atoms with Crippen LogP contribution < -0.4 is 10.5 Å². The number of benzene rings is 1. The summed E-state index contributed by atoms with van der Waals surface area (Å²) in [7, 11) is 0. The number of amides is 1. The zero-order chi connectivity index (χ0) is 12.3. The van der Waals surface area contributed by atoms with Gasteiger partial charge >= 0.3 is 0 Å². The van der Waals surface area contributed by atoms with Crippen LogP contribution in [-0.4, -0.2) is 42.2 Å². The predicted molar refractivity (Wildman–Crippen MR) is 63.5 cm³/mol. The van der Waals surface area contributed by atoms with Gasteiger partial charge in [0.05, 0.1) is 0 Å². The Morgan fingerprint density at radius 1 is 1.41 bits per heavy atom. The maximum atomic E-state index is 11.6. The lowest BCUT2D eigenvalue weighted by atomic mass is 10.0. The average molecular weight is 236 g/mol. The molecular formula is C12H16N2O3. The second-order valence-corrected chi connectivity index (χ2v) is 4.21. The number of ether oxygens (including phenoxy) is 1. The van der Waals surface area contributed by atoms with E-state index in [-0.39, 0.29) is 25.0 Å². The van der Waals surface area contributed by atoms with Crippen LogP contribution in [0, 0.1) is 5.92 Å². The van der Waals surface area contributed by atoms with Crippen molar-refractivity contribution in [2.45, 2.75) is 0 Å². The summed E-state index contributed by atoms with van der Waals surface area (Å²) in [6.45, 7) is 1.42. The minimum atomic E-state index is -0.0495. The van der Waals surface area contributed by atoms with Crippen LogP contribution in [0.1, 0.15) is 0 Å². The number of rotatable bonds is 4. The number of hydrogen-bond acceptors (Lipinski definition) is 4. The molecule has 1 aliphatic heterocycles. The number of carbonyl (C=O) groups excluding carboxylic acids is 1. The normalized spacial score (nSPS) is 15.5. The van der Waals surface area contributed by atoms with Crippen LogP contribution in [0.15, 0.2) is 24.3 Å². The topological polar surface area (TPSA) is 75.8 Å². The van der Waals surface area contributed by atoms with E-state index in [9.17, 15) is 4.79 Å². The van der Waals surface area contributed by atoms with Crippen LogP contribution in [0.4, 0.5) is 5.69 Å². The first-order chi connectivity index (χ1) is 8.19. The minimum absolute atomic E-state index is 0.0298. The van der Waals surface area contributed by atoms with E-state index >= 15 is 0 Å². The maximum absolute atomic E-state index is 11.6. The Balaban J connectivity index is 1.75. The Kier molecular flexibility index (Phi) is 3.49. The van der Waals surface area contributed by atoms with E-state index in [1.807, 2.05) is 0 Å². The largest absolute Gasteiger partial charge is 0.484 e. The fourth-order valence-corrected chi connectivity index (χ4v) is 1.69. The van der Waals surface area contributed by atoms with Gasteiger partial charge in [-0.25, -0.2) is 0 Å².